The lowest BCUT2D eigenvalue weighted by Gasteiger charge is -2.35. The molecule has 1 aromatic carbocycles. The van der Waals surface area contributed by atoms with Crippen molar-refractivity contribution in [2.45, 2.75) is 63.7 Å². The molecule has 0 N–H and O–H groups in total. The van der Waals surface area contributed by atoms with Crippen molar-refractivity contribution in [1.82, 2.24) is 0 Å². The first-order valence-electron chi connectivity index (χ1n) is 8.09. The summed E-state index contributed by atoms with van der Waals surface area (Å²) in [7, 11) is 1.60. The number of alkyl halides is 2. The highest BCUT2D eigenvalue weighted by Crippen LogP contribution is 2.41. The zero-order valence-corrected chi connectivity index (χ0v) is 13.0. The molecule has 2 rings (SSSR count). The van der Waals surface area contributed by atoms with E-state index in [9.17, 15) is 8.78 Å². The molecule has 0 bridgehead atoms. The number of ether oxygens (including phenoxy) is 1. The van der Waals surface area contributed by atoms with Gasteiger partial charge < -0.3 is 4.74 Å². The average Bonchev–Trinajstić information content (AvgIpc) is 2.52. The third kappa shape index (κ3) is 3.96. The van der Waals surface area contributed by atoms with E-state index in [2.05, 4.69) is 6.92 Å². The second kappa shape index (κ2) is 7.77. The van der Waals surface area contributed by atoms with Crippen LogP contribution in [0, 0.1) is 5.92 Å². The summed E-state index contributed by atoms with van der Waals surface area (Å²) in [6.45, 7) is 2.13. The molecule has 0 aliphatic heterocycles. The second-order valence-corrected chi connectivity index (χ2v) is 6.10. The van der Waals surface area contributed by atoms with Gasteiger partial charge in [-0.2, -0.15) is 0 Å². The predicted octanol–water partition coefficient (Wildman–Crippen LogP) is 5.45. The van der Waals surface area contributed by atoms with Crippen LogP contribution in [0.1, 0.15) is 56.9 Å². The van der Waals surface area contributed by atoms with Gasteiger partial charge in [0.25, 0.3) is 0 Å². The Kier molecular flexibility index (Phi) is 6.01. The number of hydrogen-bond acceptors (Lipinski definition) is 1. The minimum atomic E-state index is -1.38. The summed E-state index contributed by atoms with van der Waals surface area (Å²) in [4.78, 5) is 0. The van der Waals surface area contributed by atoms with Gasteiger partial charge in [0.2, 0.25) is 0 Å². The summed E-state index contributed by atoms with van der Waals surface area (Å²) in [5, 5.41) is 0. The smallest absolute Gasteiger partial charge is 0.138 e. The Bertz CT molecular complexity index is 418. The van der Waals surface area contributed by atoms with Gasteiger partial charge in [-0.05, 0) is 42.9 Å². The lowest BCUT2D eigenvalue weighted by Crippen LogP contribution is -2.36. The molecule has 3 heteroatoms. The van der Waals surface area contributed by atoms with Crippen LogP contribution in [-0.4, -0.2) is 19.5 Å². The van der Waals surface area contributed by atoms with Crippen molar-refractivity contribution in [3.8, 4) is 5.75 Å². The molecule has 0 saturated heterocycles. The van der Waals surface area contributed by atoms with Crippen molar-refractivity contribution in [3.05, 3.63) is 29.8 Å². The highest BCUT2D eigenvalue weighted by molar-refractivity contribution is 5.30. The van der Waals surface area contributed by atoms with E-state index in [0.29, 0.717) is 0 Å². The second-order valence-electron chi connectivity index (χ2n) is 6.10. The fourth-order valence-electron chi connectivity index (χ4n) is 3.36. The van der Waals surface area contributed by atoms with E-state index in [-0.39, 0.29) is 11.8 Å². The number of benzene rings is 1. The van der Waals surface area contributed by atoms with Crippen LogP contribution in [0.5, 0.6) is 5.75 Å². The molecule has 1 aliphatic rings. The number of methoxy groups -OCH3 is 1. The van der Waals surface area contributed by atoms with Gasteiger partial charge in [-0.3, -0.25) is 0 Å². The predicted molar refractivity (Wildman–Crippen MR) is 82.4 cm³/mol. The van der Waals surface area contributed by atoms with Crippen LogP contribution in [0.4, 0.5) is 8.78 Å². The summed E-state index contributed by atoms with van der Waals surface area (Å²) >= 11 is 0. The lowest BCUT2D eigenvalue weighted by molar-refractivity contribution is 0.0447. The molecule has 0 amide bonds. The van der Waals surface area contributed by atoms with Gasteiger partial charge in [0.1, 0.15) is 18.1 Å². The van der Waals surface area contributed by atoms with Crippen molar-refractivity contribution in [1.29, 1.82) is 0 Å². The van der Waals surface area contributed by atoms with E-state index >= 15 is 0 Å². The van der Waals surface area contributed by atoms with Gasteiger partial charge >= 0.3 is 0 Å². The molecular formula is C18H26F2O. The van der Waals surface area contributed by atoms with Gasteiger partial charge in [-0.15, -0.1) is 0 Å². The zero-order valence-electron chi connectivity index (χ0n) is 13.0. The molecule has 0 heterocycles. The minimum Gasteiger partial charge on any atom is -0.497 e. The van der Waals surface area contributed by atoms with Crippen molar-refractivity contribution < 1.29 is 13.5 Å². The van der Waals surface area contributed by atoms with E-state index in [1.807, 2.05) is 24.3 Å². The first-order valence-corrected chi connectivity index (χ1v) is 8.09. The molecule has 1 aliphatic carbocycles. The lowest BCUT2D eigenvalue weighted by atomic mass is 9.74. The molecule has 0 radical (unpaired) electrons. The van der Waals surface area contributed by atoms with Gasteiger partial charge in [-0.25, -0.2) is 8.78 Å². The highest BCUT2D eigenvalue weighted by Gasteiger charge is 2.40. The fourth-order valence-corrected chi connectivity index (χ4v) is 3.36. The number of unbranched alkanes of at least 4 members (excludes halogenated alkanes) is 2. The minimum absolute atomic E-state index is 0.0963. The van der Waals surface area contributed by atoms with Crippen LogP contribution in [-0.2, 0) is 0 Å². The first kappa shape index (κ1) is 16.3. The first-order chi connectivity index (χ1) is 10.2. The Labute approximate surface area is 126 Å². The largest absolute Gasteiger partial charge is 0.497 e. The van der Waals surface area contributed by atoms with E-state index in [4.69, 9.17) is 4.74 Å². The summed E-state index contributed by atoms with van der Waals surface area (Å²) < 4.78 is 33.9. The van der Waals surface area contributed by atoms with Crippen LogP contribution < -0.4 is 4.74 Å². The summed E-state index contributed by atoms with van der Waals surface area (Å²) in [5.74, 6) is 0.341. The summed E-state index contributed by atoms with van der Waals surface area (Å²) in [6.07, 6.45) is 2.92. The Morgan fingerprint density at radius 2 is 1.76 bits per heavy atom. The normalized spacial score (nSPS) is 29.3. The highest BCUT2D eigenvalue weighted by atomic mass is 19.2. The molecule has 1 aromatic rings. The molecular weight excluding hydrogens is 270 g/mol. The number of halogens is 2. The maximum Gasteiger partial charge on any atom is 0.138 e. The molecule has 1 fully saturated rings. The van der Waals surface area contributed by atoms with Crippen LogP contribution in [0.3, 0.4) is 0 Å². The maximum atomic E-state index is 14.5. The third-order valence-electron chi connectivity index (χ3n) is 4.71. The van der Waals surface area contributed by atoms with Gasteiger partial charge in [0.05, 0.1) is 7.11 Å². The maximum absolute atomic E-state index is 14.5. The third-order valence-corrected chi connectivity index (χ3v) is 4.71. The molecule has 118 valence electrons. The quantitative estimate of drug-likeness (QED) is 0.635. The molecule has 4 unspecified atom stereocenters. The SMILES string of the molecule is CCCCCC1CCC(c2ccc(OC)cc2)C(F)C1F. The molecule has 1 saturated carbocycles. The summed E-state index contributed by atoms with van der Waals surface area (Å²) in [6, 6.07) is 7.37. The van der Waals surface area contributed by atoms with E-state index in [0.717, 1.165) is 49.8 Å². The van der Waals surface area contributed by atoms with Crippen LogP contribution >= 0.6 is 0 Å². The van der Waals surface area contributed by atoms with Crippen LogP contribution in [0.25, 0.3) is 0 Å². The van der Waals surface area contributed by atoms with E-state index < -0.39 is 12.3 Å². The Morgan fingerprint density at radius 3 is 2.38 bits per heavy atom. The summed E-state index contributed by atoms with van der Waals surface area (Å²) in [5.41, 5.74) is 0.887. The van der Waals surface area contributed by atoms with Crippen LogP contribution in [0.2, 0.25) is 0 Å². The van der Waals surface area contributed by atoms with E-state index in [1.54, 1.807) is 7.11 Å². The standard InChI is InChI=1S/C18H26F2O/c1-3-4-5-6-14-9-12-16(18(20)17(14)19)13-7-10-15(21-2)11-8-13/h7-8,10-11,14,16-18H,3-6,9,12H2,1-2H3. The zero-order chi connectivity index (χ0) is 15.2. The monoisotopic (exact) mass is 296 g/mol. The number of hydrogen-bond donors (Lipinski definition) is 0. The Hall–Kier alpha value is -1.12. The van der Waals surface area contributed by atoms with Gasteiger partial charge in [0, 0.05) is 5.92 Å². The van der Waals surface area contributed by atoms with Crippen molar-refractivity contribution >= 4 is 0 Å². The molecule has 4 atom stereocenters. The van der Waals surface area contributed by atoms with Gasteiger partial charge in [0.15, 0.2) is 0 Å². The molecule has 21 heavy (non-hydrogen) atoms. The average molecular weight is 296 g/mol. The van der Waals surface area contributed by atoms with E-state index in [1.165, 1.54) is 0 Å². The van der Waals surface area contributed by atoms with Crippen molar-refractivity contribution in [2.24, 2.45) is 5.92 Å². The number of rotatable bonds is 6. The fraction of sp³-hybridized carbons (Fsp3) is 0.667. The topological polar surface area (TPSA) is 9.23 Å². The Morgan fingerprint density at radius 1 is 1.05 bits per heavy atom. The van der Waals surface area contributed by atoms with Crippen molar-refractivity contribution in [3.63, 3.8) is 0 Å². The molecule has 0 aromatic heterocycles. The van der Waals surface area contributed by atoms with Crippen molar-refractivity contribution in [2.75, 3.05) is 7.11 Å². The Balaban J connectivity index is 1.97. The molecule has 1 nitrogen and oxygen atoms in total. The molecule has 0 spiro atoms. The van der Waals surface area contributed by atoms with Crippen LogP contribution in [0.15, 0.2) is 24.3 Å². The van der Waals surface area contributed by atoms with Gasteiger partial charge in [-0.1, -0.05) is 38.3 Å².